The SMILES string of the molecule is CCOC(=O)CN(Cc1ccccc1)C(=O)[C@H](Cc1ccc(O)cc1)N(C)OC(=O)OC(C)(C)C. The predicted octanol–water partition coefficient (Wildman–Crippen LogP) is 3.69. The molecule has 9 heteroatoms. The van der Waals surface area contributed by atoms with Crippen LogP contribution in [0.5, 0.6) is 5.75 Å². The highest BCUT2D eigenvalue weighted by molar-refractivity contribution is 5.86. The van der Waals surface area contributed by atoms with Gasteiger partial charge in [0.05, 0.1) is 6.61 Å². The van der Waals surface area contributed by atoms with Gasteiger partial charge in [0.1, 0.15) is 23.9 Å². The Morgan fingerprint density at radius 3 is 2.17 bits per heavy atom. The van der Waals surface area contributed by atoms with E-state index in [-0.39, 0.29) is 31.9 Å². The van der Waals surface area contributed by atoms with E-state index < -0.39 is 29.7 Å². The number of phenols is 1. The number of hydroxylamine groups is 2. The number of likely N-dealkylation sites (N-methyl/N-ethyl adjacent to an activating group) is 1. The van der Waals surface area contributed by atoms with E-state index in [2.05, 4.69) is 0 Å². The number of aromatic hydroxyl groups is 1. The maximum atomic E-state index is 13.8. The van der Waals surface area contributed by atoms with Gasteiger partial charge in [-0.25, -0.2) is 4.79 Å². The molecule has 0 heterocycles. The van der Waals surface area contributed by atoms with Gasteiger partial charge in [0.2, 0.25) is 5.91 Å². The fourth-order valence-corrected chi connectivity index (χ4v) is 3.27. The molecule has 0 fully saturated rings. The Kier molecular flexibility index (Phi) is 10.1. The van der Waals surface area contributed by atoms with Crippen molar-refractivity contribution in [2.45, 2.75) is 52.3 Å². The van der Waals surface area contributed by atoms with Crippen LogP contribution in [0.4, 0.5) is 4.79 Å². The van der Waals surface area contributed by atoms with E-state index in [4.69, 9.17) is 14.3 Å². The monoisotopic (exact) mass is 486 g/mol. The van der Waals surface area contributed by atoms with E-state index in [1.54, 1.807) is 39.8 Å². The largest absolute Gasteiger partial charge is 0.528 e. The van der Waals surface area contributed by atoms with Gasteiger partial charge in [-0.2, -0.15) is 0 Å². The molecule has 0 bridgehead atoms. The van der Waals surface area contributed by atoms with E-state index >= 15 is 0 Å². The number of esters is 1. The first-order valence-corrected chi connectivity index (χ1v) is 11.4. The lowest BCUT2D eigenvalue weighted by Gasteiger charge is -2.31. The molecule has 2 aromatic rings. The van der Waals surface area contributed by atoms with Crippen molar-refractivity contribution in [2.24, 2.45) is 0 Å². The fourth-order valence-electron chi connectivity index (χ4n) is 3.27. The Balaban J connectivity index is 2.33. The molecule has 0 aromatic heterocycles. The number of ether oxygens (including phenoxy) is 2. The number of carbonyl (C=O) groups excluding carboxylic acids is 3. The average Bonchev–Trinajstić information content (AvgIpc) is 2.77. The Bertz CT molecular complexity index is 971. The maximum Gasteiger partial charge on any atom is 0.528 e. The van der Waals surface area contributed by atoms with Gasteiger partial charge >= 0.3 is 12.1 Å². The van der Waals surface area contributed by atoms with Gasteiger partial charge in [-0.1, -0.05) is 42.5 Å². The van der Waals surface area contributed by atoms with Crippen LogP contribution >= 0.6 is 0 Å². The molecule has 0 unspecified atom stereocenters. The number of hydrogen-bond acceptors (Lipinski definition) is 8. The number of benzene rings is 2. The average molecular weight is 487 g/mol. The van der Waals surface area contributed by atoms with E-state index in [1.165, 1.54) is 24.1 Å². The second-order valence-corrected chi connectivity index (χ2v) is 8.97. The van der Waals surface area contributed by atoms with Gasteiger partial charge in [0, 0.05) is 20.0 Å². The van der Waals surface area contributed by atoms with Crippen LogP contribution in [0.3, 0.4) is 0 Å². The van der Waals surface area contributed by atoms with Crippen LogP contribution in [0.2, 0.25) is 0 Å². The van der Waals surface area contributed by atoms with Crippen LogP contribution in [0, 0.1) is 0 Å². The molecule has 9 nitrogen and oxygen atoms in total. The Hall–Kier alpha value is -3.59. The quantitative estimate of drug-likeness (QED) is 0.400. The third-order valence-corrected chi connectivity index (χ3v) is 4.85. The van der Waals surface area contributed by atoms with Crippen molar-refractivity contribution < 1.29 is 33.8 Å². The van der Waals surface area contributed by atoms with Crippen LogP contribution in [0.15, 0.2) is 54.6 Å². The summed E-state index contributed by atoms with van der Waals surface area (Å²) in [5.41, 5.74) is 0.762. The lowest BCUT2D eigenvalue weighted by molar-refractivity contribution is -0.172. The zero-order valence-corrected chi connectivity index (χ0v) is 20.9. The lowest BCUT2D eigenvalue weighted by Crippen LogP contribution is -2.50. The molecule has 0 saturated heterocycles. The number of amides is 1. The summed E-state index contributed by atoms with van der Waals surface area (Å²) >= 11 is 0. The molecule has 0 spiro atoms. The molecule has 0 aliphatic heterocycles. The molecule has 0 aliphatic carbocycles. The summed E-state index contributed by atoms with van der Waals surface area (Å²) < 4.78 is 10.3. The molecular weight excluding hydrogens is 452 g/mol. The summed E-state index contributed by atoms with van der Waals surface area (Å²) in [7, 11) is 1.46. The van der Waals surface area contributed by atoms with Crippen molar-refractivity contribution in [3.8, 4) is 5.75 Å². The molecule has 2 aromatic carbocycles. The van der Waals surface area contributed by atoms with E-state index in [9.17, 15) is 19.5 Å². The third-order valence-electron chi connectivity index (χ3n) is 4.85. The molecule has 35 heavy (non-hydrogen) atoms. The Labute approximate surface area is 206 Å². The summed E-state index contributed by atoms with van der Waals surface area (Å²) in [6.07, 6.45) is -0.810. The van der Waals surface area contributed by atoms with Crippen LogP contribution < -0.4 is 0 Å². The Morgan fingerprint density at radius 2 is 1.60 bits per heavy atom. The molecule has 0 radical (unpaired) electrons. The van der Waals surface area contributed by atoms with Crippen LogP contribution in [-0.4, -0.2) is 64.9 Å². The molecule has 0 aliphatic rings. The van der Waals surface area contributed by atoms with Crippen LogP contribution in [0.1, 0.15) is 38.8 Å². The van der Waals surface area contributed by atoms with Crippen molar-refractivity contribution in [1.29, 1.82) is 0 Å². The number of hydrogen-bond donors (Lipinski definition) is 1. The van der Waals surface area contributed by atoms with E-state index in [1.807, 2.05) is 30.3 Å². The first-order valence-electron chi connectivity index (χ1n) is 11.4. The third kappa shape index (κ3) is 9.66. The molecule has 1 N–H and O–H groups in total. The summed E-state index contributed by atoms with van der Waals surface area (Å²) in [5.74, 6) is -0.903. The minimum absolute atomic E-state index is 0.0861. The first kappa shape index (κ1) is 27.7. The van der Waals surface area contributed by atoms with Gasteiger partial charge in [0.25, 0.3) is 0 Å². The highest BCUT2D eigenvalue weighted by Crippen LogP contribution is 2.18. The molecule has 1 amide bonds. The zero-order chi connectivity index (χ0) is 26.0. The molecule has 190 valence electrons. The van der Waals surface area contributed by atoms with Crippen LogP contribution in [0.25, 0.3) is 0 Å². The number of rotatable bonds is 10. The Morgan fingerprint density at radius 1 is 0.971 bits per heavy atom. The molecule has 2 rings (SSSR count). The summed E-state index contributed by atoms with van der Waals surface area (Å²) in [6.45, 7) is 6.87. The van der Waals surface area contributed by atoms with Crippen LogP contribution in [-0.2, 0) is 36.9 Å². The van der Waals surface area contributed by atoms with Gasteiger partial charge in [0.15, 0.2) is 0 Å². The molecule has 1 atom stereocenters. The van der Waals surface area contributed by atoms with Crippen molar-refractivity contribution in [2.75, 3.05) is 20.2 Å². The first-order chi connectivity index (χ1) is 16.5. The predicted molar refractivity (Wildman–Crippen MR) is 129 cm³/mol. The fraction of sp³-hybridized carbons (Fsp3) is 0.423. The van der Waals surface area contributed by atoms with E-state index in [0.717, 1.165) is 16.2 Å². The minimum atomic E-state index is -0.981. The molecular formula is C26H34N2O7. The van der Waals surface area contributed by atoms with Crippen molar-refractivity contribution in [1.82, 2.24) is 9.96 Å². The normalized spacial score (nSPS) is 12.1. The maximum absolute atomic E-state index is 13.8. The standard InChI is InChI=1S/C26H34N2O7/c1-6-33-23(30)18-28(17-20-10-8-7-9-11-20)24(31)22(16-19-12-14-21(29)15-13-19)27(5)35-25(32)34-26(2,3)4/h7-15,22,29H,6,16-18H2,1-5H3/t22-/m0/s1. The van der Waals surface area contributed by atoms with E-state index in [0.29, 0.717) is 0 Å². The van der Waals surface area contributed by atoms with Crippen molar-refractivity contribution in [3.05, 3.63) is 65.7 Å². The topological polar surface area (TPSA) is 106 Å². The zero-order valence-electron chi connectivity index (χ0n) is 20.9. The van der Waals surface area contributed by atoms with Gasteiger partial charge in [-0.3, -0.25) is 9.59 Å². The second-order valence-electron chi connectivity index (χ2n) is 8.97. The van der Waals surface area contributed by atoms with Crippen molar-refractivity contribution >= 4 is 18.0 Å². The molecule has 0 saturated carbocycles. The second kappa shape index (κ2) is 12.8. The smallest absolute Gasteiger partial charge is 0.508 e. The number of phenolic OH excluding ortho intramolecular Hbond substituents is 1. The highest BCUT2D eigenvalue weighted by atomic mass is 16.8. The summed E-state index contributed by atoms with van der Waals surface area (Å²) in [4.78, 5) is 45.1. The van der Waals surface area contributed by atoms with Gasteiger partial charge in [-0.05, 0) is 51.0 Å². The van der Waals surface area contributed by atoms with Gasteiger partial charge in [-0.15, -0.1) is 5.06 Å². The highest BCUT2D eigenvalue weighted by Gasteiger charge is 2.33. The number of carbonyl (C=O) groups is 3. The van der Waals surface area contributed by atoms with Crippen molar-refractivity contribution in [3.63, 3.8) is 0 Å². The minimum Gasteiger partial charge on any atom is -0.508 e. The number of nitrogens with zero attached hydrogens (tertiary/aromatic N) is 2. The summed E-state index contributed by atoms with van der Waals surface area (Å²) in [5, 5.41) is 10.7. The summed E-state index contributed by atoms with van der Waals surface area (Å²) in [6, 6.07) is 14.6. The van der Waals surface area contributed by atoms with Gasteiger partial charge < -0.3 is 24.3 Å². The lowest BCUT2D eigenvalue weighted by atomic mass is 10.0.